The number of ether oxygens (including phenoxy) is 1. The standard InChI is InChI=1S/C18H19N3O3S/c22-15(10-2-4-11(5-3-10)16-20-21-17(25)24-16)19-13-12-6-9-23-14(12)18(13)7-1-8-18/h2-5,12-14H,1,6-9H2,(H,19,22)(H,21,25)/t12-,13+,14+/m0/s1. The van der Waals surface area contributed by atoms with Gasteiger partial charge in [0.05, 0.1) is 6.10 Å². The molecule has 2 heterocycles. The minimum atomic E-state index is -0.0175. The maximum absolute atomic E-state index is 12.7. The maximum atomic E-state index is 12.7. The van der Waals surface area contributed by atoms with Crippen molar-refractivity contribution in [2.75, 3.05) is 6.61 Å². The number of aromatic nitrogens is 2. The number of amides is 1. The van der Waals surface area contributed by atoms with Crippen LogP contribution in [0.4, 0.5) is 0 Å². The molecule has 130 valence electrons. The van der Waals surface area contributed by atoms with Gasteiger partial charge in [0.2, 0.25) is 5.89 Å². The molecule has 0 bridgehead atoms. The van der Waals surface area contributed by atoms with Gasteiger partial charge in [-0.05, 0) is 55.7 Å². The molecule has 2 aliphatic carbocycles. The van der Waals surface area contributed by atoms with Gasteiger partial charge in [-0.3, -0.25) is 4.79 Å². The van der Waals surface area contributed by atoms with Gasteiger partial charge in [0.15, 0.2) is 0 Å². The van der Waals surface area contributed by atoms with Crippen molar-refractivity contribution >= 4 is 18.1 Å². The molecule has 0 unspecified atom stereocenters. The Kier molecular flexibility index (Phi) is 3.36. The zero-order valence-corrected chi connectivity index (χ0v) is 14.5. The minimum Gasteiger partial charge on any atom is -0.409 e. The van der Waals surface area contributed by atoms with Crippen LogP contribution in [0, 0.1) is 16.2 Å². The Morgan fingerprint density at radius 3 is 2.76 bits per heavy atom. The van der Waals surface area contributed by atoms with Gasteiger partial charge in [-0.1, -0.05) is 6.42 Å². The first kappa shape index (κ1) is 15.3. The lowest BCUT2D eigenvalue weighted by Gasteiger charge is -2.63. The van der Waals surface area contributed by atoms with Crippen LogP contribution in [0.2, 0.25) is 0 Å². The van der Waals surface area contributed by atoms with E-state index >= 15 is 0 Å². The molecular formula is C18H19N3O3S. The fraction of sp³-hybridized carbons (Fsp3) is 0.500. The van der Waals surface area contributed by atoms with Crippen LogP contribution in [-0.2, 0) is 4.74 Å². The third kappa shape index (κ3) is 2.22. The molecule has 3 atom stereocenters. The van der Waals surface area contributed by atoms with E-state index in [0.717, 1.165) is 18.6 Å². The van der Waals surface area contributed by atoms with Gasteiger partial charge in [0, 0.05) is 35.1 Å². The molecule has 1 aromatic carbocycles. The van der Waals surface area contributed by atoms with Crippen molar-refractivity contribution in [3.05, 3.63) is 34.7 Å². The summed E-state index contributed by atoms with van der Waals surface area (Å²) < 4.78 is 11.2. The van der Waals surface area contributed by atoms with Crippen LogP contribution in [0.1, 0.15) is 36.0 Å². The average Bonchev–Trinajstić information content (AvgIpc) is 3.19. The fourth-order valence-corrected chi connectivity index (χ4v) is 4.92. The number of H-pyrrole nitrogens is 1. The molecule has 5 rings (SSSR count). The van der Waals surface area contributed by atoms with Gasteiger partial charge in [0.25, 0.3) is 10.7 Å². The van der Waals surface area contributed by atoms with Crippen LogP contribution in [0.25, 0.3) is 11.5 Å². The Bertz CT molecular complexity index is 868. The van der Waals surface area contributed by atoms with Crippen LogP contribution in [0.5, 0.6) is 0 Å². The fourth-order valence-electron chi connectivity index (χ4n) is 4.80. The summed E-state index contributed by atoms with van der Waals surface area (Å²) in [7, 11) is 0. The maximum Gasteiger partial charge on any atom is 0.284 e. The molecular weight excluding hydrogens is 338 g/mol. The summed E-state index contributed by atoms with van der Waals surface area (Å²) in [6.07, 6.45) is 5.00. The zero-order valence-electron chi connectivity index (χ0n) is 13.7. The number of carbonyl (C=O) groups is 1. The molecule has 3 fully saturated rings. The first-order valence-corrected chi connectivity index (χ1v) is 9.17. The van der Waals surface area contributed by atoms with Crippen molar-refractivity contribution in [2.24, 2.45) is 11.3 Å². The van der Waals surface area contributed by atoms with Crippen molar-refractivity contribution in [3.8, 4) is 11.5 Å². The van der Waals surface area contributed by atoms with E-state index in [-0.39, 0.29) is 22.2 Å². The van der Waals surface area contributed by atoms with Crippen LogP contribution in [0.15, 0.2) is 28.7 Å². The molecule has 2 aromatic rings. The van der Waals surface area contributed by atoms with Crippen LogP contribution >= 0.6 is 12.2 Å². The SMILES string of the molecule is O=C(N[C@@H]1[C@@H]2CCO[C@H]2C12CCC2)c1ccc(-c2n[nH]c(=S)o2)cc1. The largest absolute Gasteiger partial charge is 0.409 e. The summed E-state index contributed by atoms with van der Waals surface area (Å²) in [5.74, 6) is 0.892. The highest BCUT2D eigenvalue weighted by molar-refractivity contribution is 7.71. The topological polar surface area (TPSA) is 80.1 Å². The normalized spacial score (nSPS) is 28.9. The van der Waals surface area contributed by atoms with Gasteiger partial charge in [0.1, 0.15) is 0 Å². The van der Waals surface area contributed by atoms with Crippen LogP contribution in [-0.4, -0.2) is 34.9 Å². The molecule has 2 saturated carbocycles. The lowest BCUT2D eigenvalue weighted by atomic mass is 9.46. The summed E-state index contributed by atoms with van der Waals surface area (Å²) in [6.45, 7) is 0.830. The molecule has 1 amide bonds. The molecule has 3 aliphatic rings. The van der Waals surface area contributed by atoms with E-state index in [1.54, 1.807) is 12.1 Å². The number of carbonyl (C=O) groups excluding carboxylic acids is 1. The lowest BCUT2D eigenvalue weighted by Crippen LogP contribution is -2.71. The van der Waals surface area contributed by atoms with Gasteiger partial charge in [-0.15, -0.1) is 5.10 Å². The number of hydrogen-bond acceptors (Lipinski definition) is 5. The van der Waals surface area contributed by atoms with Crippen molar-refractivity contribution < 1.29 is 13.9 Å². The summed E-state index contributed by atoms with van der Waals surface area (Å²) in [5, 5.41) is 9.87. The van der Waals surface area contributed by atoms with Gasteiger partial charge < -0.3 is 14.5 Å². The molecule has 1 aromatic heterocycles. The molecule has 25 heavy (non-hydrogen) atoms. The van der Waals surface area contributed by atoms with Crippen LogP contribution < -0.4 is 5.32 Å². The molecule has 6 nitrogen and oxygen atoms in total. The van der Waals surface area contributed by atoms with E-state index in [2.05, 4.69) is 15.5 Å². The van der Waals surface area contributed by atoms with E-state index in [1.807, 2.05) is 12.1 Å². The van der Waals surface area contributed by atoms with E-state index in [0.29, 0.717) is 23.5 Å². The average molecular weight is 357 g/mol. The van der Waals surface area contributed by atoms with Crippen molar-refractivity contribution in [1.82, 2.24) is 15.5 Å². The minimum absolute atomic E-state index is 0.0175. The second-order valence-electron chi connectivity index (χ2n) is 7.28. The highest BCUT2D eigenvalue weighted by Crippen LogP contribution is 2.62. The first-order valence-electron chi connectivity index (χ1n) is 8.76. The number of fused-ring (bicyclic) bond motifs is 2. The van der Waals surface area contributed by atoms with E-state index in [9.17, 15) is 4.79 Å². The van der Waals surface area contributed by atoms with Gasteiger partial charge in [-0.2, -0.15) is 0 Å². The monoisotopic (exact) mass is 357 g/mol. The quantitative estimate of drug-likeness (QED) is 0.825. The number of rotatable bonds is 3. The third-order valence-corrected chi connectivity index (χ3v) is 6.33. The van der Waals surface area contributed by atoms with Crippen molar-refractivity contribution in [3.63, 3.8) is 0 Å². The Labute approximate surface area is 150 Å². The Morgan fingerprint density at radius 1 is 1.32 bits per heavy atom. The zero-order chi connectivity index (χ0) is 17.0. The molecule has 1 saturated heterocycles. The van der Waals surface area contributed by atoms with E-state index in [4.69, 9.17) is 21.4 Å². The first-order chi connectivity index (χ1) is 12.2. The number of aromatic amines is 1. The number of nitrogens with zero attached hydrogens (tertiary/aromatic N) is 1. The highest BCUT2D eigenvalue weighted by atomic mass is 32.1. The predicted octanol–water partition coefficient (Wildman–Crippen LogP) is 3.09. The predicted molar refractivity (Wildman–Crippen MR) is 92.5 cm³/mol. The Balaban J connectivity index is 1.32. The van der Waals surface area contributed by atoms with Crippen molar-refractivity contribution in [1.29, 1.82) is 0 Å². The number of hydrogen-bond donors (Lipinski definition) is 2. The summed E-state index contributed by atoms with van der Waals surface area (Å²) >= 11 is 4.88. The summed E-state index contributed by atoms with van der Waals surface area (Å²) in [4.78, 5) is 12.9. The molecule has 0 radical (unpaired) electrons. The van der Waals surface area contributed by atoms with Crippen LogP contribution in [0.3, 0.4) is 0 Å². The van der Waals surface area contributed by atoms with E-state index in [1.165, 1.54) is 19.3 Å². The Morgan fingerprint density at radius 2 is 2.12 bits per heavy atom. The summed E-state index contributed by atoms with van der Waals surface area (Å²) in [6, 6.07) is 7.50. The molecule has 1 aliphatic heterocycles. The second kappa shape index (κ2) is 5.51. The molecule has 2 N–H and O–H groups in total. The molecule has 1 spiro atoms. The van der Waals surface area contributed by atoms with E-state index < -0.39 is 0 Å². The lowest BCUT2D eigenvalue weighted by molar-refractivity contribution is -0.172. The second-order valence-corrected chi connectivity index (χ2v) is 7.65. The number of nitrogens with one attached hydrogen (secondary N) is 2. The smallest absolute Gasteiger partial charge is 0.284 e. The Hall–Kier alpha value is -1.99. The highest BCUT2D eigenvalue weighted by Gasteiger charge is 2.66. The number of benzene rings is 1. The molecule has 7 heteroatoms. The van der Waals surface area contributed by atoms with Gasteiger partial charge in [-0.25, -0.2) is 5.10 Å². The van der Waals surface area contributed by atoms with Gasteiger partial charge >= 0.3 is 0 Å². The van der Waals surface area contributed by atoms with Crippen molar-refractivity contribution in [2.45, 2.75) is 37.8 Å². The third-order valence-electron chi connectivity index (χ3n) is 6.15. The summed E-state index contributed by atoms with van der Waals surface area (Å²) in [5.41, 5.74) is 1.63.